The average molecular weight is 340 g/mol. The van der Waals surface area contributed by atoms with Gasteiger partial charge in [-0.3, -0.25) is 4.68 Å². The van der Waals surface area contributed by atoms with E-state index in [1.54, 1.807) is 25.3 Å². The lowest BCUT2D eigenvalue weighted by Gasteiger charge is -2.21. The fourth-order valence-corrected chi connectivity index (χ4v) is 2.78. The third-order valence-corrected chi connectivity index (χ3v) is 3.98. The molecule has 0 bridgehead atoms. The first-order valence-corrected chi connectivity index (χ1v) is 7.41. The van der Waals surface area contributed by atoms with Crippen molar-refractivity contribution in [1.29, 1.82) is 0 Å². The van der Waals surface area contributed by atoms with Crippen LogP contribution in [0.15, 0.2) is 28.9 Å². The number of hydrogen-bond acceptors (Lipinski definition) is 2. The zero-order chi connectivity index (χ0) is 14.9. The summed E-state index contributed by atoms with van der Waals surface area (Å²) in [6, 6.07) is 5.47. The molecule has 0 saturated carbocycles. The molecule has 2 rings (SSSR count). The molecule has 1 unspecified atom stereocenters. The number of rotatable bonds is 4. The Hall–Kier alpha value is -1.20. The van der Waals surface area contributed by atoms with E-state index >= 15 is 0 Å². The first-order valence-electron chi connectivity index (χ1n) is 6.62. The number of halogens is 2. The van der Waals surface area contributed by atoms with Crippen LogP contribution in [0.4, 0.5) is 4.39 Å². The van der Waals surface area contributed by atoms with Crippen LogP contribution >= 0.6 is 15.9 Å². The summed E-state index contributed by atoms with van der Waals surface area (Å²) in [6.45, 7) is 5.92. The fourth-order valence-electron chi connectivity index (χ4n) is 2.28. The minimum Gasteiger partial charge on any atom is -0.308 e. The van der Waals surface area contributed by atoms with Gasteiger partial charge in [0.25, 0.3) is 0 Å². The van der Waals surface area contributed by atoms with Crippen LogP contribution in [-0.2, 0) is 0 Å². The third kappa shape index (κ3) is 2.79. The van der Waals surface area contributed by atoms with Gasteiger partial charge in [0.1, 0.15) is 5.82 Å². The van der Waals surface area contributed by atoms with Gasteiger partial charge in [0, 0.05) is 6.04 Å². The molecular formula is C15H19BrFN3. The van der Waals surface area contributed by atoms with E-state index in [1.807, 2.05) is 17.8 Å². The zero-order valence-electron chi connectivity index (χ0n) is 12.1. The molecule has 0 amide bonds. The van der Waals surface area contributed by atoms with Gasteiger partial charge < -0.3 is 5.32 Å². The number of nitrogens with zero attached hydrogens (tertiary/aromatic N) is 2. The number of benzene rings is 1. The molecule has 0 spiro atoms. The Bertz CT molecular complexity index is 607. The molecule has 0 saturated heterocycles. The maximum Gasteiger partial charge on any atom is 0.126 e. The van der Waals surface area contributed by atoms with E-state index in [9.17, 15) is 4.39 Å². The molecule has 1 heterocycles. The number of hydrogen-bond donors (Lipinski definition) is 1. The molecule has 0 aliphatic heterocycles. The van der Waals surface area contributed by atoms with E-state index in [0.717, 1.165) is 15.7 Å². The molecule has 0 fully saturated rings. The van der Waals surface area contributed by atoms with Crippen LogP contribution in [-0.4, -0.2) is 16.8 Å². The standard InChI is InChI=1S/C15H19BrFN3/c1-9(2)20-15(12(16)8-19-20)14(18-4)11-6-5-10(3)13(17)7-11/h5-9,14,18H,1-4H3. The Morgan fingerprint density at radius 3 is 2.60 bits per heavy atom. The maximum atomic E-state index is 13.8. The van der Waals surface area contributed by atoms with Crippen LogP contribution in [0.25, 0.3) is 0 Å². The van der Waals surface area contributed by atoms with Crippen LogP contribution in [0.5, 0.6) is 0 Å². The van der Waals surface area contributed by atoms with Crippen molar-refractivity contribution >= 4 is 15.9 Å². The van der Waals surface area contributed by atoms with E-state index in [0.29, 0.717) is 5.56 Å². The van der Waals surface area contributed by atoms with Gasteiger partial charge in [-0.05, 0) is 60.9 Å². The smallest absolute Gasteiger partial charge is 0.126 e. The van der Waals surface area contributed by atoms with E-state index in [4.69, 9.17) is 0 Å². The first kappa shape index (κ1) is 15.2. The van der Waals surface area contributed by atoms with Crippen LogP contribution in [0.1, 0.15) is 42.8 Å². The highest BCUT2D eigenvalue weighted by molar-refractivity contribution is 9.10. The van der Waals surface area contributed by atoms with Crippen LogP contribution in [0, 0.1) is 12.7 Å². The normalized spacial score (nSPS) is 12.9. The Kier molecular flexibility index (Phi) is 4.60. The molecule has 0 radical (unpaired) electrons. The van der Waals surface area contributed by atoms with Crippen molar-refractivity contribution in [3.8, 4) is 0 Å². The van der Waals surface area contributed by atoms with Crippen LogP contribution < -0.4 is 5.32 Å². The van der Waals surface area contributed by atoms with Gasteiger partial charge in [0.2, 0.25) is 0 Å². The Labute approximate surface area is 127 Å². The molecule has 5 heteroatoms. The minimum absolute atomic E-state index is 0.107. The van der Waals surface area contributed by atoms with Crippen molar-refractivity contribution in [3.05, 3.63) is 51.5 Å². The predicted molar refractivity (Wildman–Crippen MR) is 82.4 cm³/mol. The van der Waals surface area contributed by atoms with Gasteiger partial charge >= 0.3 is 0 Å². The largest absolute Gasteiger partial charge is 0.308 e. The van der Waals surface area contributed by atoms with Crippen molar-refractivity contribution < 1.29 is 4.39 Å². The first-order chi connectivity index (χ1) is 9.45. The molecule has 108 valence electrons. The van der Waals surface area contributed by atoms with Gasteiger partial charge in [-0.15, -0.1) is 0 Å². The number of aryl methyl sites for hydroxylation is 1. The Balaban J connectivity index is 2.52. The number of aromatic nitrogens is 2. The third-order valence-electron chi connectivity index (χ3n) is 3.37. The van der Waals surface area contributed by atoms with Crippen molar-refractivity contribution in [1.82, 2.24) is 15.1 Å². The lowest BCUT2D eigenvalue weighted by atomic mass is 10.0. The molecule has 1 N–H and O–H groups in total. The molecule has 0 aliphatic carbocycles. The van der Waals surface area contributed by atoms with Crippen molar-refractivity contribution in [2.45, 2.75) is 32.9 Å². The summed E-state index contributed by atoms with van der Waals surface area (Å²) in [5.74, 6) is -0.186. The van der Waals surface area contributed by atoms with Crippen LogP contribution in [0.3, 0.4) is 0 Å². The van der Waals surface area contributed by atoms with E-state index < -0.39 is 0 Å². The molecule has 3 nitrogen and oxygen atoms in total. The highest BCUT2D eigenvalue weighted by Crippen LogP contribution is 2.30. The molecule has 1 atom stereocenters. The van der Waals surface area contributed by atoms with E-state index in [2.05, 4.69) is 40.2 Å². The SMILES string of the molecule is CNC(c1ccc(C)c(F)c1)c1c(Br)cnn1C(C)C. The lowest BCUT2D eigenvalue weighted by Crippen LogP contribution is -2.23. The van der Waals surface area contributed by atoms with Gasteiger partial charge in [-0.2, -0.15) is 5.10 Å². The minimum atomic E-state index is -0.186. The quantitative estimate of drug-likeness (QED) is 0.912. The maximum absolute atomic E-state index is 13.8. The summed E-state index contributed by atoms with van der Waals surface area (Å²) in [5, 5.41) is 7.63. The molecule has 0 aliphatic rings. The summed E-state index contributed by atoms with van der Waals surface area (Å²) < 4.78 is 16.7. The fraction of sp³-hybridized carbons (Fsp3) is 0.400. The molecule has 2 aromatic rings. The summed E-state index contributed by atoms with van der Waals surface area (Å²) in [7, 11) is 1.87. The second-order valence-electron chi connectivity index (χ2n) is 5.15. The summed E-state index contributed by atoms with van der Waals surface area (Å²) in [5.41, 5.74) is 2.55. The van der Waals surface area contributed by atoms with Crippen molar-refractivity contribution in [3.63, 3.8) is 0 Å². The van der Waals surface area contributed by atoms with Gasteiger partial charge in [0.15, 0.2) is 0 Å². The Morgan fingerprint density at radius 1 is 1.35 bits per heavy atom. The van der Waals surface area contributed by atoms with Crippen molar-refractivity contribution in [2.75, 3.05) is 7.05 Å². The van der Waals surface area contributed by atoms with Crippen LogP contribution in [0.2, 0.25) is 0 Å². The molecular weight excluding hydrogens is 321 g/mol. The van der Waals surface area contributed by atoms with Gasteiger partial charge in [-0.25, -0.2) is 4.39 Å². The molecule has 1 aromatic carbocycles. The summed E-state index contributed by atoms with van der Waals surface area (Å²) >= 11 is 3.54. The van der Waals surface area contributed by atoms with E-state index in [1.165, 1.54) is 0 Å². The number of nitrogens with one attached hydrogen (secondary N) is 1. The highest BCUT2D eigenvalue weighted by atomic mass is 79.9. The second kappa shape index (κ2) is 6.06. The topological polar surface area (TPSA) is 29.9 Å². The second-order valence-corrected chi connectivity index (χ2v) is 6.00. The summed E-state index contributed by atoms with van der Waals surface area (Å²) in [6.07, 6.45) is 1.78. The molecule has 20 heavy (non-hydrogen) atoms. The highest BCUT2D eigenvalue weighted by Gasteiger charge is 2.22. The average Bonchev–Trinajstić information content (AvgIpc) is 2.77. The van der Waals surface area contributed by atoms with Gasteiger partial charge in [0.05, 0.1) is 22.4 Å². The lowest BCUT2D eigenvalue weighted by molar-refractivity contribution is 0.482. The monoisotopic (exact) mass is 339 g/mol. The summed E-state index contributed by atoms with van der Waals surface area (Å²) in [4.78, 5) is 0. The van der Waals surface area contributed by atoms with E-state index in [-0.39, 0.29) is 17.9 Å². The molecule has 1 aromatic heterocycles. The van der Waals surface area contributed by atoms with Gasteiger partial charge in [-0.1, -0.05) is 12.1 Å². The zero-order valence-corrected chi connectivity index (χ0v) is 13.7. The predicted octanol–water partition coefficient (Wildman–Crippen LogP) is 3.98. The van der Waals surface area contributed by atoms with Crippen molar-refractivity contribution in [2.24, 2.45) is 0 Å². The Morgan fingerprint density at radius 2 is 2.05 bits per heavy atom.